The quantitative estimate of drug-likeness (QED) is 0.738. The molecule has 0 radical (unpaired) electrons. The molecule has 1 amide bonds. The predicted molar refractivity (Wildman–Crippen MR) is 92.1 cm³/mol. The lowest BCUT2D eigenvalue weighted by atomic mass is 10.1. The SMILES string of the molecule is CCCCOc1ccc(OC)cc1NC(=O)Cc1ccc(F)cc1. The van der Waals surface area contributed by atoms with Gasteiger partial charge >= 0.3 is 0 Å². The van der Waals surface area contributed by atoms with E-state index in [1.807, 2.05) is 0 Å². The van der Waals surface area contributed by atoms with E-state index in [-0.39, 0.29) is 18.1 Å². The minimum absolute atomic E-state index is 0.159. The van der Waals surface area contributed by atoms with Crippen LogP contribution in [0.15, 0.2) is 42.5 Å². The third-order valence-electron chi connectivity index (χ3n) is 3.49. The van der Waals surface area contributed by atoms with Gasteiger partial charge in [0.25, 0.3) is 0 Å². The molecule has 0 bridgehead atoms. The zero-order valence-electron chi connectivity index (χ0n) is 14.0. The van der Waals surface area contributed by atoms with E-state index in [2.05, 4.69) is 12.2 Å². The number of rotatable bonds is 8. The second-order valence-corrected chi connectivity index (χ2v) is 5.42. The number of unbranched alkanes of at least 4 members (excludes halogenated alkanes) is 1. The van der Waals surface area contributed by atoms with E-state index in [1.54, 1.807) is 37.4 Å². The van der Waals surface area contributed by atoms with Crippen molar-refractivity contribution in [1.29, 1.82) is 0 Å². The summed E-state index contributed by atoms with van der Waals surface area (Å²) in [5.74, 6) is 0.723. The topological polar surface area (TPSA) is 47.6 Å². The van der Waals surface area contributed by atoms with Gasteiger partial charge in [-0.25, -0.2) is 4.39 Å². The molecule has 0 unspecified atom stereocenters. The van der Waals surface area contributed by atoms with Crippen molar-refractivity contribution in [2.24, 2.45) is 0 Å². The summed E-state index contributed by atoms with van der Waals surface area (Å²) in [4.78, 5) is 12.2. The molecular weight excluding hydrogens is 309 g/mol. The van der Waals surface area contributed by atoms with E-state index in [4.69, 9.17) is 9.47 Å². The minimum atomic E-state index is -0.321. The molecule has 0 saturated heterocycles. The van der Waals surface area contributed by atoms with Gasteiger partial charge in [0.2, 0.25) is 5.91 Å². The number of nitrogens with one attached hydrogen (secondary N) is 1. The summed E-state index contributed by atoms with van der Waals surface area (Å²) >= 11 is 0. The van der Waals surface area contributed by atoms with Crippen LogP contribution >= 0.6 is 0 Å². The van der Waals surface area contributed by atoms with E-state index in [0.29, 0.717) is 23.8 Å². The molecule has 2 aromatic carbocycles. The highest BCUT2D eigenvalue weighted by atomic mass is 19.1. The molecule has 0 heterocycles. The summed E-state index contributed by atoms with van der Waals surface area (Å²) in [6.07, 6.45) is 2.13. The molecule has 2 aromatic rings. The molecule has 128 valence electrons. The highest BCUT2D eigenvalue weighted by molar-refractivity contribution is 5.93. The number of amides is 1. The number of methoxy groups -OCH3 is 1. The minimum Gasteiger partial charge on any atom is -0.497 e. The smallest absolute Gasteiger partial charge is 0.228 e. The Morgan fingerprint density at radius 1 is 1.17 bits per heavy atom. The molecule has 0 aliphatic carbocycles. The summed E-state index contributed by atoms with van der Waals surface area (Å²) in [6, 6.07) is 11.2. The van der Waals surface area contributed by atoms with Gasteiger partial charge in [-0.3, -0.25) is 4.79 Å². The molecule has 2 rings (SSSR count). The zero-order valence-corrected chi connectivity index (χ0v) is 14.0. The molecule has 0 aromatic heterocycles. The third kappa shape index (κ3) is 5.26. The summed E-state index contributed by atoms with van der Waals surface area (Å²) in [5, 5.41) is 2.84. The molecule has 0 aliphatic rings. The van der Waals surface area contributed by atoms with Crippen molar-refractivity contribution in [3.63, 3.8) is 0 Å². The Morgan fingerprint density at radius 2 is 1.92 bits per heavy atom. The average molecular weight is 331 g/mol. The highest BCUT2D eigenvalue weighted by Crippen LogP contribution is 2.29. The molecule has 0 saturated carbocycles. The van der Waals surface area contributed by atoms with Crippen LogP contribution in [0.5, 0.6) is 11.5 Å². The first-order valence-electron chi connectivity index (χ1n) is 7.97. The van der Waals surface area contributed by atoms with Gasteiger partial charge in [-0.05, 0) is 36.2 Å². The normalized spacial score (nSPS) is 10.3. The standard InChI is InChI=1S/C19H22FNO3/c1-3-4-11-24-18-10-9-16(23-2)13-17(18)21-19(22)12-14-5-7-15(20)8-6-14/h5-10,13H,3-4,11-12H2,1-2H3,(H,21,22). The number of halogens is 1. The van der Waals surface area contributed by atoms with Crippen LogP contribution in [0.1, 0.15) is 25.3 Å². The maximum atomic E-state index is 12.9. The van der Waals surface area contributed by atoms with Crippen molar-refractivity contribution in [2.45, 2.75) is 26.2 Å². The molecule has 0 fully saturated rings. The number of hydrogen-bond donors (Lipinski definition) is 1. The van der Waals surface area contributed by atoms with E-state index in [0.717, 1.165) is 18.4 Å². The first-order chi connectivity index (χ1) is 11.6. The van der Waals surface area contributed by atoms with Gasteiger partial charge in [-0.2, -0.15) is 0 Å². The Labute approximate surface area is 141 Å². The average Bonchev–Trinajstić information content (AvgIpc) is 2.58. The van der Waals surface area contributed by atoms with E-state index >= 15 is 0 Å². The van der Waals surface area contributed by atoms with E-state index < -0.39 is 0 Å². The molecule has 4 nitrogen and oxygen atoms in total. The van der Waals surface area contributed by atoms with Crippen molar-refractivity contribution >= 4 is 11.6 Å². The monoisotopic (exact) mass is 331 g/mol. The zero-order chi connectivity index (χ0) is 17.4. The Balaban J connectivity index is 2.07. The predicted octanol–water partition coefficient (Wildman–Crippen LogP) is 4.19. The van der Waals surface area contributed by atoms with Crippen molar-refractivity contribution in [3.8, 4) is 11.5 Å². The lowest BCUT2D eigenvalue weighted by molar-refractivity contribution is -0.115. The molecule has 24 heavy (non-hydrogen) atoms. The molecule has 0 atom stereocenters. The Morgan fingerprint density at radius 3 is 2.58 bits per heavy atom. The van der Waals surface area contributed by atoms with Crippen LogP contribution in [0.25, 0.3) is 0 Å². The fraction of sp³-hybridized carbons (Fsp3) is 0.316. The highest BCUT2D eigenvalue weighted by Gasteiger charge is 2.10. The van der Waals surface area contributed by atoms with Gasteiger partial charge in [0.15, 0.2) is 0 Å². The number of benzene rings is 2. The van der Waals surface area contributed by atoms with Gasteiger partial charge in [0.05, 0.1) is 25.8 Å². The van der Waals surface area contributed by atoms with Crippen LogP contribution in [0.2, 0.25) is 0 Å². The van der Waals surface area contributed by atoms with Crippen molar-refractivity contribution < 1.29 is 18.7 Å². The van der Waals surface area contributed by atoms with E-state index in [9.17, 15) is 9.18 Å². The third-order valence-corrected chi connectivity index (χ3v) is 3.49. The van der Waals surface area contributed by atoms with Crippen molar-refractivity contribution in [1.82, 2.24) is 0 Å². The second-order valence-electron chi connectivity index (χ2n) is 5.42. The van der Waals surface area contributed by atoms with Crippen LogP contribution in [-0.2, 0) is 11.2 Å². The van der Waals surface area contributed by atoms with Crippen LogP contribution in [0.4, 0.5) is 10.1 Å². The van der Waals surface area contributed by atoms with E-state index in [1.165, 1.54) is 12.1 Å². The molecule has 5 heteroatoms. The number of carbonyl (C=O) groups excluding carboxylic acids is 1. The van der Waals surface area contributed by atoms with Crippen molar-refractivity contribution in [2.75, 3.05) is 19.0 Å². The lowest BCUT2D eigenvalue weighted by Crippen LogP contribution is -2.15. The fourth-order valence-electron chi connectivity index (χ4n) is 2.17. The summed E-state index contributed by atoms with van der Waals surface area (Å²) in [7, 11) is 1.57. The number of carbonyl (C=O) groups is 1. The first-order valence-corrected chi connectivity index (χ1v) is 7.97. The number of hydrogen-bond acceptors (Lipinski definition) is 3. The molecular formula is C19H22FNO3. The second kappa shape index (κ2) is 8.91. The number of anilines is 1. The molecule has 0 aliphatic heterocycles. The fourth-order valence-corrected chi connectivity index (χ4v) is 2.17. The largest absolute Gasteiger partial charge is 0.497 e. The van der Waals surface area contributed by atoms with Gasteiger partial charge < -0.3 is 14.8 Å². The van der Waals surface area contributed by atoms with Gasteiger partial charge in [-0.15, -0.1) is 0 Å². The van der Waals surface area contributed by atoms with Crippen molar-refractivity contribution in [3.05, 3.63) is 53.8 Å². The Hall–Kier alpha value is -2.56. The van der Waals surface area contributed by atoms with Crippen LogP contribution < -0.4 is 14.8 Å². The Kier molecular flexibility index (Phi) is 6.61. The van der Waals surface area contributed by atoms with Gasteiger partial charge in [0, 0.05) is 6.07 Å². The Bertz CT molecular complexity index is 671. The lowest BCUT2D eigenvalue weighted by Gasteiger charge is -2.14. The molecule has 0 spiro atoms. The van der Waals surface area contributed by atoms with Crippen LogP contribution in [0.3, 0.4) is 0 Å². The maximum Gasteiger partial charge on any atom is 0.228 e. The van der Waals surface area contributed by atoms with Crippen LogP contribution in [0, 0.1) is 5.82 Å². The summed E-state index contributed by atoms with van der Waals surface area (Å²) < 4.78 is 23.8. The van der Waals surface area contributed by atoms with Crippen LogP contribution in [-0.4, -0.2) is 19.6 Å². The van der Waals surface area contributed by atoms with Gasteiger partial charge in [0.1, 0.15) is 17.3 Å². The number of ether oxygens (including phenoxy) is 2. The maximum absolute atomic E-state index is 12.9. The first kappa shape index (κ1) is 17.8. The summed E-state index contributed by atoms with van der Waals surface area (Å²) in [6.45, 7) is 2.67. The summed E-state index contributed by atoms with van der Waals surface area (Å²) in [5.41, 5.74) is 1.31. The van der Waals surface area contributed by atoms with Gasteiger partial charge in [-0.1, -0.05) is 25.5 Å². The molecule has 1 N–H and O–H groups in total.